The van der Waals surface area contributed by atoms with Crippen LogP contribution in [0.2, 0.25) is 0 Å². The minimum atomic E-state index is -0.110. The topological polar surface area (TPSA) is 70.5 Å². The van der Waals surface area contributed by atoms with Gasteiger partial charge in [-0.2, -0.15) is 0 Å². The van der Waals surface area contributed by atoms with Crippen LogP contribution in [0, 0.1) is 0 Å². The van der Waals surface area contributed by atoms with Crippen LogP contribution in [0.1, 0.15) is 27.8 Å². The molecule has 2 aliphatic rings. The third-order valence-corrected chi connectivity index (χ3v) is 4.94. The smallest absolute Gasteiger partial charge is 0.254 e. The molecule has 25 heavy (non-hydrogen) atoms. The molecular formula is C18H21N5O2. The fourth-order valence-electron chi connectivity index (χ4n) is 3.63. The van der Waals surface area contributed by atoms with Gasteiger partial charge >= 0.3 is 0 Å². The van der Waals surface area contributed by atoms with Crippen LogP contribution in [-0.4, -0.2) is 57.3 Å². The van der Waals surface area contributed by atoms with Gasteiger partial charge in [-0.15, -0.1) is 0 Å². The molecule has 1 N–H and O–H groups in total. The number of fused-ring (bicyclic) bond motifs is 1. The SMILES string of the molecule is Cn1ccnc1C1CNCCN1C(=O)CN1Cc2ccccc2C1=O. The fraction of sp³-hybridized carbons (Fsp3) is 0.389. The van der Waals surface area contributed by atoms with Gasteiger partial charge in [0.1, 0.15) is 18.4 Å². The average molecular weight is 339 g/mol. The van der Waals surface area contributed by atoms with Crippen molar-refractivity contribution in [3.63, 3.8) is 0 Å². The molecule has 7 heteroatoms. The van der Waals surface area contributed by atoms with E-state index in [-0.39, 0.29) is 24.4 Å². The molecule has 130 valence electrons. The van der Waals surface area contributed by atoms with Crippen molar-refractivity contribution >= 4 is 11.8 Å². The Balaban J connectivity index is 1.51. The van der Waals surface area contributed by atoms with Crippen LogP contribution in [0.4, 0.5) is 0 Å². The number of nitrogens with zero attached hydrogens (tertiary/aromatic N) is 4. The van der Waals surface area contributed by atoms with Gasteiger partial charge in [0.25, 0.3) is 5.91 Å². The van der Waals surface area contributed by atoms with Crippen LogP contribution in [0.25, 0.3) is 0 Å². The molecule has 1 unspecified atom stereocenters. The van der Waals surface area contributed by atoms with Gasteiger partial charge in [-0.3, -0.25) is 9.59 Å². The number of hydrogen-bond acceptors (Lipinski definition) is 4. The standard InChI is InChI=1S/C18H21N5O2/c1-21-8-7-20-17(21)15-10-19-6-9-23(15)16(24)12-22-11-13-4-2-3-5-14(13)18(22)25/h2-5,7-8,15,19H,6,9-12H2,1H3. The van der Waals surface area contributed by atoms with Crippen LogP contribution >= 0.6 is 0 Å². The molecule has 2 aliphatic heterocycles. The van der Waals surface area contributed by atoms with E-state index in [4.69, 9.17) is 0 Å². The van der Waals surface area contributed by atoms with E-state index < -0.39 is 0 Å². The summed E-state index contributed by atoms with van der Waals surface area (Å²) in [5.74, 6) is 0.764. The molecule has 0 aliphatic carbocycles. The van der Waals surface area contributed by atoms with Gasteiger partial charge in [-0.25, -0.2) is 4.98 Å². The third-order valence-electron chi connectivity index (χ3n) is 4.94. The zero-order valence-corrected chi connectivity index (χ0v) is 14.2. The first-order valence-corrected chi connectivity index (χ1v) is 8.49. The van der Waals surface area contributed by atoms with Crippen LogP contribution in [0.5, 0.6) is 0 Å². The maximum Gasteiger partial charge on any atom is 0.254 e. The van der Waals surface area contributed by atoms with Crippen molar-refractivity contribution in [3.05, 3.63) is 53.6 Å². The minimum Gasteiger partial charge on any atom is -0.336 e. The van der Waals surface area contributed by atoms with Gasteiger partial charge in [0.2, 0.25) is 5.91 Å². The zero-order valence-electron chi connectivity index (χ0n) is 14.2. The summed E-state index contributed by atoms with van der Waals surface area (Å²) in [6.07, 6.45) is 3.63. The molecule has 0 radical (unpaired) electrons. The third kappa shape index (κ3) is 2.80. The van der Waals surface area contributed by atoms with Crippen LogP contribution in [0.15, 0.2) is 36.7 Å². The van der Waals surface area contributed by atoms with Crippen LogP contribution < -0.4 is 5.32 Å². The van der Waals surface area contributed by atoms with Crippen molar-refractivity contribution in [2.75, 3.05) is 26.2 Å². The second-order valence-electron chi connectivity index (χ2n) is 6.52. The van der Waals surface area contributed by atoms with E-state index in [1.165, 1.54) is 0 Å². The van der Waals surface area contributed by atoms with Crippen molar-refractivity contribution in [2.45, 2.75) is 12.6 Å². The highest BCUT2D eigenvalue weighted by atomic mass is 16.2. The Hall–Kier alpha value is -2.67. The lowest BCUT2D eigenvalue weighted by Gasteiger charge is -2.36. The van der Waals surface area contributed by atoms with Crippen molar-refractivity contribution in [3.8, 4) is 0 Å². The summed E-state index contributed by atoms with van der Waals surface area (Å²) in [5.41, 5.74) is 1.69. The predicted molar refractivity (Wildman–Crippen MR) is 91.7 cm³/mol. The quantitative estimate of drug-likeness (QED) is 0.887. The summed E-state index contributed by atoms with van der Waals surface area (Å²) >= 11 is 0. The highest BCUT2D eigenvalue weighted by molar-refractivity contribution is 6.00. The molecule has 0 spiro atoms. The molecule has 1 atom stereocenters. The Labute approximate surface area is 146 Å². The van der Waals surface area contributed by atoms with E-state index in [1.54, 1.807) is 11.1 Å². The van der Waals surface area contributed by atoms with Crippen molar-refractivity contribution in [1.29, 1.82) is 0 Å². The number of carbonyl (C=O) groups excluding carboxylic acids is 2. The molecule has 0 saturated carbocycles. The van der Waals surface area contributed by atoms with E-state index in [0.717, 1.165) is 17.9 Å². The lowest BCUT2D eigenvalue weighted by Crippen LogP contribution is -2.52. The maximum absolute atomic E-state index is 12.9. The first-order valence-electron chi connectivity index (χ1n) is 8.49. The summed E-state index contributed by atoms with van der Waals surface area (Å²) in [5, 5.41) is 3.32. The van der Waals surface area contributed by atoms with Gasteiger partial charge < -0.3 is 19.7 Å². The Morgan fingerprint density at radius 2 is 2.20 bits per heavy atom. The number of nitrogens with one attached hydrogen (secondary N) is 1. The van der Waals surface area contributed by atoms with E-state index in [0.29, 0.717) is 25.2 Å². The number of amides is 2. The Bertz CT molecular complexity index is 815. The number of aromatic nitrogens is 2. The molecule has 7 nitrogen and oxygen atoms in total. The molecular weight excluding hydrogens is 318 g/mol. The van der Waals surface area contributed by atoms with E-state index in [1.807, 2.05) is 47.0 Å². The molecule has 1 fully saturated rings. The van der Waals surface area contributed by atoms with E-state index >= 15 is 0 Å². The number of rotatable bonds is 3. The molecule has 1 aromatic heterocycles. The maximum atomic E-state index is 12.9. The molecule has 1 saturated heterocycles. The lowest BCUT2D eigenvalue weighted by atomic mass is 10.1. The summed E-state index contributed by atoms with van der Waals surface area (Å²) in [4.78, 5) is 33.3. The lowest BCUT2D eigenvalue weighted by molar-refractivity contribution is -0.135. The van der Waals surface area contributed by atoms with Gasteiger partial charge in [0.15, 0.2) is 0 Å². The molecule has 2 amide bonds. The minimum absolute atomic E-state index is 0.0318. The largest absolute Gasteiger partial charge is 0.336 e. The first-order chi connectivity index (χ1) is 12.1. The second kappa shape index (κ2) is 6.33. The van der Waals surface area contributed by atoms with Crippen LogP contribution in [0.3, 0.4) is 0 Å². The van der Waals surface area contributed by atoms with Gasteiger partial charge in [0.05, 0.1) is 0 Å². The first kappa shape index (κ1) is 15.8. The van der Waals surface area contributed by atoms with Gasteiger partial charge in [-0.05, 0) is 11.6 Å². The van der Waals surface area contributed by atoms with Gasteiger partial charge in [-0.1, -0.05) is 18.2 Å². The number of hydrogen-bond donors (Lipinski definition) is 1. The highest BCUT2D eigenvalue weighted by Gasteiger charge is 2.34. The highest BCUT2D eigenvalue weighted by Crippen LogP contribution is 2.24. The second-order valence-corrected chi connectivity index (χ2v) is 6.52. The molecule has 1 aromatic carbocycles. The Morgan fingerprint density at radius 1 is 1.36 bits per heavy atom. The molecule has 0 bridgehead atoms. The normalized spacial score (nSPS) is 20.0. The fourth-order valence-corrected chi connectivity index (χ4v) is 3.63. The number of aryl methyl sites for hydroxylation is 1. The van der Waals surface area contributed by atoms with E-state index in [2.05, 4.69) is 10.3 Å². The van der Waals surface area contributed by atoms with Crippen molar-refractivity contribution in [2.24, 2.45) is 7.05 Å². The van der Waals surface area contributed by atoms with Crippen molar-refractivity contribution in [1.82, 2.24) is 24.7 Å². The van der Waals surface area contributed by atoms with Crippen molar-refractivity contribution < 1.29 is 9.59 Å². The summed E-state index contributed by atoms with van der Waals surface area (Å²) in [6, 6.07) is 7.43. The number of benzene rings is 1. The zero-order chi connectivity index (χ0) is 17.4. The van der Waals surface area contributed by atoms with E-state index in [9.17, 15) is 9.59 Å². The molecule has 4 rings (SSSR count). The summed E-state index contributed by atoms with van der Waals surface area (Å²) < 4.78 is 1.94. The average Bonchev–Trinajstić information content (AvgIpc) is 3.19. The molecule has 2 aromatic rings. The summed E-state index contributed by atoms with van der Waals surface area (Å²) in [7, 11) is 1.93. The Morgan fingerprint density at radius 3 is 2.96 bits per heavy atom. The molecule has 3 heterocycles. The predicted octanol–water partition coefficient (Wildman–Crippen LogP) is 0.549. The number of piperazine rings is 1. The monoisotopic (exact) mass is 339 g/mol. The number of carbonyl (C=O) groups is 2. The summed E-state index contributed by atoms with van der Waals surface area (Å²) in [6.45, 7) is 2.64. The van der Waals surface area contributed by atoms with Crippen LogP contribution in [-0.2, 0) is 18.4 Å². The Kier molecular flexibility index (Phi) is 4.01. The van der Waals surface area contributed by atoms with Gasteiger partial charge in [0, 0.05) is 51.2 Å². The number of imidazole rings is 1.